The molecule has 0 heterocycles. The largest absolute Gasteiger partial charge is 0.416 e. The molecule has 0 radical (unpaired) electrons. The van der Waals surface area contributed by atoms with Crippen molar-refractivity contribution in [3.63, 3.8) is 0 Å². The van der Waals surface area contributed by atoms with E-state index in [0.29, 0.717) is 15.9 Å². The molecule has 0 aliphatic rings. The third-order valence-corrected chi connectivity index (χ3v) is 8.32. The Morgan fingerprint density at radius 1 is 0.927 bits per heavy atom. The smallest absolute Gasteiger partial charge is 0.350 e. The molecule has 0 aliphatic heterocycles. The average molecular weight is 655 g/mol. The number of amides is 2. The molecule has 0 spiro atoms. The van der Waals surface area contributed by atoms with Crippen LogP contribution >= 0.6 is 15.9 Å². The van der Waals surface area contributed by atoms with Crippen LogP contribution in [0.15, 0.2) is 88.2 Å². The molecule has 3 aromatic rings. The van der Waals surface area contributed by atoms with Crippen LogP contribution in [0.2, 0.25) is 0 Å². The fraction of sp³-hybridized carbons (Fsp3) is 0.310. The summed E-state index contributed by atoms with van der Waals surface area (Å²) < 4.78 is 69.5. The second-order valence-corrected chi connectivity index (χ2v) is 13.2. The molecule has 220 valence electrons. The van der Waals surface area contributed by atoms with Gasteiger partial charge in [-0.2, -0.15) is 13.2 Å². The summed E-state index contributed by atoms with van der Waals surface area (Å²) in [5.41, 5.74) is -1.36. The Morgan fingerprint density at radius 3 is 2.10 bits per heavy atom. The molecule has 0 unspecified atom stereocenters. The fourth-order valence-electron chi connectivity index (χ4n) is 3.93. The van der Waals surface area contributed by atoms with Gasteiger partial charge in [-0.3, -0.25) is 13.9 Å². The van der Waals surface area contributed by atoms with Gasteiger partial charge >= 0.3 is 6.18 Å². The number of rotatable bonds is 9. The SMILES string of the molecule is C[C@H](C(=O)NC(C)(C)C)N(Cc1ccc(Br)cc1)C(=O)CN(c1cccc(C(F)(F)F)c1)S(=O)(=O)c1ccccc1. The Bertz CT molecular complexity index is 1480. The third kappa shape index (κ3) is 8.56. The van der Waals surface area contributed by atoms with Gasteiger partial charge in [-0.05, 0) is 75.7 Å². The van der Waals surface area contributed by atoms with Gasteiger partial charge in [0.05, 0.1) is 16.1 Å². The van der Waals surface area contributed by atoms with Crippen LogP contribution in [-0.2, 0) is 32.3 Å². The average Bonchev–Trinajstić information content (AvgIpc) is 2.90. The highest BCUT2D eigenvalue weighted by atomic mass is 79.9. The quantitative estimate of drug-likeness (QED) is 0.307. The topological polar surface area (TPSA) is 86.8 Å². The first-order chi connectivity index (χ1) is 19.0. The first-order valence-electron chi connectivity index (χ1n) is 12.6. The zero-order valence-electron chi connectivity index (χ0n) is 22.9. The summed E-state index contributed by atoms with van der Waals surface area (Å²) in [6.45, 7) is 5.95. The van der Waals surface area contributed by atoms with Crippen LogP contribution in [0.25, 0.3) is 0 Å². The summed E-state index contributed by atoms with van der Waals surface area (Å²) in [5.74, 6) is -1.25. The van der Waals surface area contributed by atoms with Crippen molar-refractivity contribution in [2.75, 3.05) is 10.8 Å². The van der Waals surface area contributed by atoms with E-state index in [0.717, 1.165) is 16.6 Å². The molecule has 1 N–H and O–H groups in total. The van der Waals surface area contributed by atoms with Crippen molar-refractivity contribution in [3.8, 4) is 0 Å². The van der Waals surface area contributed by atoms with E-state index in [-0.39, 0.29) is 17.1 Å². The normalized spacial score (nSPS) is 12.9. The van der Waals surface area contributed by atoms with E-state index in [9.17, 15) is 31.2 Å². The lowest BCUT2D eigenvalue weighted by Gasteiger charge is -2.33. The molecule has 3 aromatic carbocycles. The predicted molar refractivity (Wildman–Crippen MR) is 154 cm³/mol. The monoisotopic (exact) mass is 653 g/mol. The van der Waals surface area contributed by atoms with Gasteiger partial charge in [0.1, 0.15) is 12.6 Å². The van der Waals surface area contributed by atoms with Gasteiger partial charge in [-0.25, -0.2) is 8.42 Å². The van der Waals surface area contributed by atoms with Crippen LogP contribution in [0.3, 0.4) is 0 Å². The fourth-order valence-corrected chi connectivity index (χ4v) is 5.62. The molecule has 0 bridgehead atoms. The molecule has 0 saturated carbocycles. The van der Waals surface area contributed by atoms with Crippen molar-refractivity contribution in [1.29, 1.82) is 0 Å². The van der Waals surface area contributed by atoms with E-state index >= 15 is 0 Å². The summed E-state index contributed by atoms with van der Waals surface area (Å²) in [7, 11) is -4.49. The van der Waals surface area contributed by atoms with Gasteiger partial charge < -0.3 is 10.2 Å². The van der Waals surface area contributed by atoms with Crippen LogP contribution in [0.4, 0.5) is 18.9 Å². The number of hydrogen-bond donors (Lipinski definition) is 1. The molecule has 12 heteroatoms. The van der Waals surface area contributed by atoms with Crippen molar-refractivity contribution in [2.24, 2.45) is 0 Å². The Balaban J connectivity index is 2.08. The standard InChI is InChI=1S/C29H31BrF3N3O4S/c1-20(27(38)34-28(2,3)4)35(18-21-13-15-23(30)16-14-21)26(37)19-36(41(39,40)25-11-6-5-7-12-25)24-10-8-9-22(17-24)29(31,32)33/h5-17,20H,18-19H2,1-4H3,(H,34,38)/t20-/m1/s1. The first-order valence-corrected chi connectivity index (χ1v) is 14.8. The Kier molecular flexibility index (Phi) is 9.91. The van der Waals surface area contributed by atoms with Crippen molar-refractivity contribution in [2.45, 2.75) is 56.9 Å². The maximum absolute atomic E-state index is 13.9. The minimum Gasteiger partial charge on any atom is -0.350 e. The molecule has 7 nitrogen and oxygen atoms in total. The first kappa shape index (κ1) is 32.1. The molecular formula is C29H31BrF3N3O4S. The predicted octanol–water partition coefficient (Wildman–Crippen LogP) is 6.00. The van der Waals surface area contributed by atoms with E-state index in [2.05, 4.69) is 21.2 Å². The lowest BCUT2D eigenvalue weighted by molar-refractivity contribution is -0.140. The van der Waals surface area contributed by atoms with Crippen molar-refractivity contribution in [3.05, 3.63) is 94.5 Å². The van der Waals surface area contributed by atoms with Gasteiger partial charge in [0.15, 0.2) is 0 Å². The minimum absolute atomic E-state index is 0.0490. The van der Waals surface area contributed by atoms with Gasteiger partial charge in [-0.15, -0.1) is 0 Å². The van der Waals surface area contributed by atoms with Crippen LogP contribution in [0.5, 0.6) is 0 Å². The highest BCUT2D eigenvalue weighted by Gasteiger charge is 2.35. The number of nitrogens with one attached hydrogen (secondary N) is 1. The highest BCUT2D eigenvalue weighted by molar-refractivity contribution is 9.10. The maximum Gasteiger partial charge on any atom is 0.416 e. The molecule has 0 aliphatic carbocycles. The number of benzene rings is 3. The summed E-state index contributed by atoms with van der Waals surface area (Å²) in [5, 5.41) is 2.82. The van der Waals surface area contributed by atoms with E-state index in [1.54, 1.807) is 51.1 Å². The Hall–Kier alpha value is -3.38. The lowest BCUT2D eigenvalue weighted by atomic mass is 10.1. The number of carbonyl (C=O) groups is 2. The minimum atomic E-state index is -4.74. The zero-order chi connectivity index (χ0) is 30.6. The van der Waals surface area contributed by atoms with Crippen molar-refractivity contribution >= 4 is 43.5 Å². The second-order valence-electron chi connectivity index (χ2n) is 10.4. The molecule has 2 amide bonds. The van der Waals surface area contributed by atoms with Gasteiger partial charge in [0.2, 0.25) is 11.8 Å². The molecule has 0 fully saturated rings. The zero-order valence-corrected chi connectivity index (χ0v) is 25.3. The van der Waals surface area contributed by atoms with E-state index in [4.69, 9.17) is 0 Å². The molecule has 41 heavy (non-hydrogen) atoms. The summed E-state index contributed by atoms with van der Waals surface area (Å²) in [6, 6.07) is 16.8. The van der Waals surface area contributed by atoms with Gasteiger partial charge in [-0.1, -0.05) is 52.3 Å². The summed E-state index contributed by atoms with van der Waals surface area (Å²) in [6.07, 6.45) is -4.74. The summed E-state index contributed by atoms with van der Waals surface area (Å²) in [4.78, 5) is 28.0. The van der Waals surface area contributed by atoms with Gasteiger partial charge in [0.25, 0.3) is 10.0 Å². The third-order valence-electron chi connectivity index (χ3n) is 6.00. The molecule has 0 saturated heterocycles. The molecule has 0 aromatic heterocycles. The van der Waals surface area contributed by atoms with Crippen LogP contribution < -0.4 is 9.62 Å². The number of halogens is 4. The summed E-state index contributed by atoms with van der Waals surface area (Å²) >= 11 is 3.35. The van der Waals surface area contributed by atoms with Crippen molar-refractivity contribution < 1.29 is 31.2 Å². The number of anilines is 1. The highest BCUT2D eigenvalue weighted by Crippen LogP contribution is 2.33. The van der Waals surface area contributed by atoms with Gasteiger partial charge in [0, 0.05) is 16.6 Å². The number of alkyl halides is 3. The molecule has 1 atom stereocenters. The molecular weight excluding hydrogens is 623 g/mol. The maximum atomic E-state index is 13.9. The van der Waals surface area contributed by atoms with E-state index < -0.39 is 51.7 Å². The number of hydrogen-bond acceptors (Lipinski definition) is 4. The van der Waals surface area contributed by atoms with Crippen molar-refractivity contribution in [1.82, 2.24) is 10.2 Å². The number of sulfonamides is 1. The molecule has 3 rings (SSSR count). The Labute approximate surface area is 246 Å². The van der Waals surface area contributed by atoms with E-state index in [1.165, 1.54) is 42.2 Å². The second kappa shape index (κ2) is 12.6. The number of carbonyl (C=O) groups excluding carboxylic acids is 2. The van der Waals surface area contributed by atoms with E-state index in [1.807, 2.05) is 0 Å². The lowest BCUT2D eigenvalue weighted by Crippen LogP contribution is -2.54. The Morgan fingerprint density at radius 2 is 1.54 bits per heavy atom. The van der Waals surface area contributed by atoms with Crippen LogP contribution in [0.1, 0.15) is 38.8 Å². The number of nitrogens with zero attached hydrogens (tertiary/aromatic N) is 2. The van der Waals surface area contributed by atoms with Crippen LogP contribution in [0, 0.1) is 0 Å². The van der Waals surface area contributed by atoms with Crippen LogP contribution in [-0.4, -0.2) is 43.3 Å².